The van der Waals surface area contributed by atoms with Crippen molar-refractivity contribution in [3.8, 4) is 5.75 Å². The maximum Gasteiger partial charge on any atom is 0.178 e. The predicted molar refractivity (Wildman–Crippen MR) is 133 cm³/mol. The van der Waals surface area contributed by atoms with Gasteiger partial charge in [0.1, 0.15) is 5.75 Å². The second-order valence-electron chi connectivity index (χ2n) is 8.83. The molecule has 2 aliphatic rings. The number of hydrogen-bond acceptors (Lipinski definition) is 2. The van der Waals surface area contributed by atoms with Gasteiger partial charge in [0.05, 0.1) is 0 Å². The molecule has 1 saturated heterocycles. The summed E-state index contributed by atoms with van der Waals surface area (Å²) in [4.78, 5) is 2.52. The van der Waals surface area contributed by atoms with Crippen LogP contribution in [0.2, 0.25) is 0 Å². The van der Waals surface area contributed by atoms with E-state index in [2.05, 4.69) is 108 Å². The largest absolute Gasteiger partial charge is 0.473 e. The number of hydrogen-bond donors (Lipinski definition) is 0. The Morgan fingerprint density at radius 2 is 1.38 bits per heavy atom. The molecule has 4 aromatic carbocycles. The van der Waals surface area contributed by atoms with E-state index in [0.717, 1.165) is 35.5 Å². The lowest BCUT2D eigenvalue weighted by Gasteiger charge is -2.36. The summed E-state index contributed by atoms with van der Waals surface area (Å²) in [5.41, 5.74) is 4.13. The molecule has 0 spiro atoms. The third-order valence-corrected chi connectivity index (χ3v) is 6.89. The topological polar surface area (TPSA) is 12.5 Å². The molecule has 2 nitrogen and oxygen atoms in total. The van der Waals surface area contributed by atoms with Crippen molar-refractivity contribution in [1.82, 2.24) is 0 Å². The maximum atomic E-state index is 6.85. The van der Waals surface area contributed by atoms with Crippen LogP contribution in [0.4, 0.5) is 5.69 Å². The monoisotopic (exact) mass is 417 g/mol. The Morgan fingerprint density at radius 3 is 2.06 bits per heavy atom. The van der Waals surface area contributed by atoms with Crippen LogP contribution in [0.15, 0.2) is 97.1 Å². The van der Waals surface area contributed by atoms with E-state index >= 15 is 0 Å². The minimum Gasteiger partial charge on any atom is -0.473 e. The van der Waals surface area contributed by atoms with Gasteiger partial charge in [0.25, 0.3) is 0 Å². The number of fused-ring (bicyclic) bond motifs is 3. The van der Waals surface area contributed by atoms with Crippen LogP contribution in [-0.2, 0) is 5.60 Å². The number of anilines is 1. The zero-order valence-electron chi connectivity index (χ0n) is 18.2. The molecule has 4 aromatic rings. The molecule has 2 aliphatic heterocycles. The Balaban J connectivity index is 1.45. The molecular weight excluding hydrogens is 390 g/mol. The first-order valence-electron chi connectivity index (χ1n) is 11.6. The molecule has 0 radical (unpaired) electrons. The van der Waals surface area contributed by atoms with Crippen molar-refractivity contribution >= 4 is 22.5 Å². The van der Waals surface area contributed by atoms with Gasteiger partial charge in [0.2, 0.25) is 0 Å². The fourth-order valence-electron chi connectivity index (χ4n) is 5.19. The molecule has 0 aliphatic carbocycles. The summed E-state index contributed by atoms with van der Waals surface area (Å²) in [7, 11) is 0. The molecule has 0 amide bonds. The summed E-state index contributed by atoms with van der Waals surface area (Å²) in [5.74, 6) is 0.929. The standard InChI is InChI=1S/C30H27NO/c1-4-10-24(11-5-1)30(25-12-6-2-7-13-25)19-18-28-27-16-15-26(31-20-8-3-9-21-31)22-23(27)14-17-29(28)32-30/h1-2,4-7,10-19,22H,3,8-9,20-21H2. The van der Waals surface area contributed by atoms with E-state index in [0.29, 0.717) is 0 Å². The fraction of sp³-hybridized carbons (Fsp3) is 0.200. The number of rotatable bonds is 3. The van der Waals surface area contributed by atoms with Crippen molar-refractivity contribution < 1.29 is 4.74 Å². The highest BCUT2D eigenvalue weighted by Gasteiger charge is 2.37. The summed E-state index contributed by atoms with van der Waals surface area (Å²) in [6.45, 7) is 2.33. The molecular formula is C30H27NO. The SMILES string of the molecule is C1=CC(c2ccccc2)(c2ccccc2)Oc2ccc3cc(N4CCCCC4)ccc3c21. The van der Waals surface area contributed by atoms with Gasteiger partial charge in [-0.05, 0) is 60.4 Å². The van der Waals surface area contributed by atoms with Crippen molar-refractivity contribution in [2.75, 3.05) is 18.0 Å². The third kappa shape index (κ3) is 3.18. The van der Waals surface area contributed by atoms with E-state index in [1.54, 1.807) is 0 Å². The van der Waals surface area contributed by atoms with Gasteiger partial charge in [-0.2, -0.15) is 0 Å². The fourth-order valence-corrected chi connectivity index (χ4v) is 5.19. The molecule has 0 atom stereocenters. The van der Waals surface area contributed by atoms with E-state index in [1.165, 1.54) is 35.7 Å². The zero-order valence-corrected chi connectivity index (χ0v) is 18.2. The molecule has 158 valence electrons. The number of ether oxygens (including phenoxy) is 1. The summed E-state index contributed by atoms with van der Waals surface area (Å²) >= 11 is 0. The van der Waals surface area contributed by atoms with Gasteiger partial charge in [-0.1, -0.05) is 72.8 Å². The quantitative estimate of drug-likeness (QED) is 0.350. The van der Waals surface area contributed by atoms with Crippen LogP contribution in [0, 0.1) is 0 Å². The summed E-state index contributed by atoms with van der Waals surface area (Å²) in [5, 5.41) is 2.52. The Kier molecular flexibility index (Phi) is 4.72. The maximum absolute atomic E-state index is 6.85. The smallest absolute Gasteiger partial charge is 0.178 e. The van der Waals surface area contributed by atoms with Crippen LogP contribution in [-0.4, -0.2) is 13.1 Å². The third-order valence-electron chi connectivity index (χ3n) is 6.89. The van der Waals surface area contributed by atoms with Gasteiger partial charge in [-0.3, -0.25) is 0 Å². The molecule has 0 unspecified atom stereocenters. The second-order valence-corrected chi connectivity index (χ2v) is 8.83. The van der Waals surface area contributed by atoms with Gasteiger partial charge in [0.15, 0.2) is 5.60 Å². The number of nitrogens with zero attached hydrogens (tertiary/aromatic N) is 1. The lowest BCUT2D eigenvalue weighted by atomic mass is 9.83. The van der Waals surface area contributed by atoms with Crippen LogP contribution < -0.4 is 9.64 Å². The average Bonchev–Trinajstić information content (AvgIpc) is 2.89. The molecule has 2 heterocycles. The zero-order chi connectivity index (χ0) is 21.4. The molecule has 32 heavy (non-hydrogen) atoms. The van der Waals surface area contributed by atoms with Crippen LogP contribution in [0.1, 0.15) is 36.0 Å². The predicted octanol–water partition coefficient (Wildman–Crippen LogP) is 7.18. The van der Waals surface area contributed by atoms with E-state index < -0.39 is 5.60 Å². The Morgan fingerprint density at radius 1 is 0.688 bits per heavy atom. The molecule has 2 heteroatoms. The average molecular weight is 418 g/mol. The molecule has 0 bridgehead atoms. The lowest BCUT2D eigenvalue weighted by Crippen LogP contribution is -2.34. The van der Waals surface area contributed by atoms with Crippen LogP contribution in [0.5, 0.6) is 5.75 Å². The van der Waals surface area contributed by atoms with Crippen molar-refractivity contribution in [1.29, 1.82) is 0 Å². The molecule has 0 saturated carbocycles. The summed E-state index contributed by atoms with van der Waals surface area (Å²) in [6.07, 6.45) is 8.41. The first kappa shape index (κ1) is 19.2. The molecule has 0 aromatic heterocycles. The highest BCUT2D eigenvalue weighted by molar-refractivity contribution is 5.95. The van der Waals surface area contributed by atoms with Crippen molar-refractivity contribution in [3.63, 3.8) is 0 Å². The highest BCUT2D eigenvalue weighted by Crippen LogP contribution is 2.44. The van der Waals surface area contributed by atoms with E-state index in [4.69, 9.17) is 4.74 Å². The highest BCUT2D eigenvalue weighted by atomic mass is 16.5. The van der Waals surface area contributed by atoms with Gasteiger partial charge in [0, 0.05) is 35.5 Å². The van der Waals surface area contributed by atoms with Crippen LogP contribution in [0.3, 0.4) is 0 Å². The van der Waals surface area contributed by atoms with Crippen molar-refractivity contribution in [3.05, 3.63) is 114 Å². The number of piperidine rings is 1. The van der Waals surface area contributed by atoms with Crippen LogP contribution in [0.25, 0.3) is 16.8 Å². The lowest BCUT2D eigenvalue weighted by molar-refractivity contribution is 0.161. The van der Waals surface area contributed by atoms with E-state index in [9.17, 15) is 0 Å². The summed E-state index contributed by atoms with van der Waals surface area (Å²) in [6, 6.07) is 32.2. The Labute approximate surface area is 189 Å². The van der Waals surface area contributed by atoms with Gasteiger partial charge in [-0.15, -0.1) is 0 Å². The van der Waals surface area contributed by atoms with E-state index in [-0.39, 0.29) is 0 Å². The molecule has 1 fully saturated rings. The molecule has 6 rings (SSSR count). The van der Waals surface area contributed by atoms with Gasteiger partial charge in [-0.25, -0.2) is 0 Å². The van der Waals surface area contributed by atoms with Gasteiger partial charge >= 0.3 is 0 Å². The Bertz CT molecular complexity index is 1230. The second kappa shape index (κ2) is 7.87. The first-order chi connectivity index (χ1) is 15.8. The number of benzene rings is 4. The van der Waals surface area contributed by atoms with E-state index in [1.807, 2.05) is 0 Å². The van der Waals surface area contributed by atoms with Gasteiger partial charge < -0.3 is 9.64 Å². The van der Waals surface area contributed by atoms with Crippen LogP contribution >= 0.6 is 0 Å². The minimum absolute atomic E-state index is 0.628. The molecule has 0 N–H and O–H groups in total. The first-order valence-corrected chi connectivity index (χ1v) is 11.6. The normalized spacial score (nSPS) is 17.1. The minimum atomic E-state index is -0.628. The summed E-state index contributed by atoms with van der Waals surface area (Å²) < 4.78 is 6.85. The van der Waals surface area contributed by atoms with Crippen molar-refractivity contribution in [2.24, 2.45) is 0 Å². The Hall–Kier alpha value is -3.52. The van der Waals surface area contributed by atoms with Crippen molar-refractivity contribution in [2.45, 2.75) is 24.9 Å².